The molecular weight excluding hydrogens is 504 g/mol. The molecule has 0 spiro atoms. The first-order valence-electron chi connectivity index (χ1n) is 12.9. The molecule has 0 N–H and O–H groups in total. The average Bonchev–Trinajstić information content (AvgIpc) is 2.98. The van der Waals surface area contributed by atoms with Gasteiger partial charge in [-0.25, -0.2) is 0 Å². The Hall–Kier alpha value is -4.71. The van der Waals surface area contributed by atoms with Crippen LogP contribution in [0.15, 0.2) is 119 Å². The SMILES string of the molecule is C=C/C=C\C/C=C(\C)COc1ccc(-c2coc3cc(OCC(/C=C\C=C)=C/C)ccc3c2=O)c(OC)c1OC. The molecular formula is C34H36O6. The van der Waals surface area contributed by atoms with Crippen LogP contribution in [0.5, 0.6) is 23.0 Å². The average molecular weight is 541 g/mol. The molecule has 3 aromatic rings. The monoisotopic (exact) mass is 540 g/mol. The van der Waals surface area contributed by atoms with Crippen molar-refractivity contribution in [2.45, 2.75) is 20.3 Å². The molecule has 6 heteroatoms. The maximum atomic E-state index is 13.5. The van der Waals surface area contributed by atoms with Crippen LogP contribution >= 0.6 is 0 Å². The molecule has 3 rings (SSSR count). The van der Waals surface area contributed by atoms with E-state index in [1.165, 1.54) is 20.5 Å². The highest BCUT2D eigenvalue weighted by Gasteiger charge is 2.21. The predicted molar refractivity (Wildman–Crippen MR) is 163 cm³/mol. The van der Waals surface area contributed by atoms with Crippen LogP contribution in [0.25, 0.3) is 22.1 Å². The molecule has 0 saturated heterocycles. The largest absolute Gasteiger partial charge is 0.492 e. The smallest absolute Gasteiger partial charge is 0.203 e. The summed E-state index contributed by atoms with van der Waals surface area (Å²) in [7, 11) is 3.06. The highest BCUT2D eigenvalue weighted by atomic mass is 16.5. The van der Waals surface area contributed by atoms with Gasteiger partial charge in [0.15, 0.2) is 11.5 Å². The van der Waals surface area contributed by atoms with E-state index in [1.54, 1.807) is 42.5 Å². The van der Waals surface area contributed by atoms with Gasteiger partial charge in [0.25, 0.3) is 0 Å². The summed E-state index contributed by atoms with van der Waals surface area (Å²) >= 11 is 0. The van der Waals surface area contributed by atoms with E-state index >= 15 is 0 Å². The lowest BCUT2D eigenvalue weighted by Crippen LogP contribution is -2.07. The van der Waals surface area contributed by atoms with E-state index in [0.29, 0.717) is 58.3 Å². The summed E-state index contributed by atoms with van der Waals surface area (Å²) in [5, 5.41) is 0.426. The molecule has 0 amide bonds. The fourth-order valence-corrected chi connectivity index (χ4v) is 3.93. The highest BCUT2D eigenvalue weighted by Crippen LogP contribution is 2.44. The molecule has 1 aromatic heterocycles. The number of benzene rings is 2. The Labute approximate surface area is 235 Å². The highest BCUT2D eigenvalue weighted by molar-refractivity contribution is 5.85. The van der Waals surface area contributed by atoms with Gasteiger partial charge in [0.1, 0.15) is 30.8 Å². The van der Waals surface area contributed by atoms with E-state index in [2.05, 4.69) is 19.2 Å². The molecule has 0 bridgehead atoms. The van der Waals surface area contributed by atoms with Crippen LogP contribution in [0, 0.1) is 0 Å². The van der Waals surface area contributed by atoms with Crippen LogP contribution in [0.2, 0.25) is 0 Å². The third-order valence-electron chi connectivity index (χ3n) is 6.07. The standard InChI is InChI=1S/C34H36O6/c1-7-10-12-13-14-24(4)21-39-30-19-18-27(33(36-5)34(30)37-6)29-23-40-31-20-26(16-17-28(31)32(29)35)38-22-25(9-3)15-11-8-2/h7-12,14-20,23H,1-2,13,21-22H2,3-6H3/b12-10-,15-11-,24-14+,25-9+. The summed E-state index contributed by atoms with van der Waals surface area (Å²) in [6, 6.07) is 8.71. The Kier molecular flexibility index (Phi) is 11.2. The number of allylic oxidation sites excluding steroid dienone is 7. The third-order valence-corrected chi connectivity index (χ3v) is 6.07. The van der Waals surface area contributed by atoms with Gasteiger partial charge in [-0.2, -0.15) is 0 Å². The second-order valence-corrected chi connectivity index (χ2v) is 8.80. The summed E-state index contributed by atoms with van der Waals surface area (Å²) < 4.78 is 29.1. The van der Waals surface area contributed by atoms with Crippen molar-refractivity contribution < 1.29 is 23.4 Å². The zero-order valence-corrected chi connectivity index (χ0v) is 23.6. The summed E-state index contributed by atoms with van der Waals surface area (Å²) in [4.78, 5) is 13.5. The minimum atomic E-state index is -0.198. The van der Waals surface area contributed by atoms with Crippen molar-refractivity contribution in [2.24, 2.45) is 0 Å². The fourth-order valence-electron chi connectivity index (χ4n) is 3.93. The molecule has 0 aliphatic rings. The summed E-state index contributed by atoms with van der Waals surface area (Å²) in [5.74, 6) is 1.88. The minimum absolute atomic E-state index is 0.198. The number of rotatable bonds is 14. The van der Waals surface area contributed by atoms with Gasteiger partial charge >= 0.3 is 0 Å². The van der Waals surface area contributed by atoms with Crippen molar-refractivity contribution in [1.82, 2.24) is 0 Å². The van der Waals surface area contributed by atoms with E-state index in [-0.39, 0.29) is 5.43 Å². The maximum absolute atomic E-state index is 13.5. The number of ether oxygens (including phenoxy) is 4. The molecule has 0 saturated carbocycles. The predicted octanol–water partition coefficient (Wildman–Crippen LogP) is 8.00. The number of methoxy groups -OCH3 is 2. The number of hydrogen-bond acceptors (Lipinski definition) is 6. The van der Waals surface area contributed by atoms with Gasteiger partial charge in [-0.05, 0) is 55.7 Å². The lowest BCUT2D eigenvalue weighted by Gasteiger charge is -2.17. The Morgan fingerprint density at radius 2 is 1.73 bits per heavy atom. The zero-order chi connectivity index (χ0) is 28.9. The Bertz CT molecular complexity index is 1520. The second kappa shape index (κ2) is 15.0. The van der Waals surface area contributed by atoms with Gasteiger partial charge < -0.3 is 23.4 Å². The molecule has 1 heterocycles. The van der Waals surface area contributed by atoms with Crippen LogP contribution in [0.1, 0.15) is 20.3 Å². The van der Waals surface area contributed by atoms with Crippen molar-refractivity contribution >= 4 is 11.0 Å². The lowest BCUT2D eigenvalue weighted by atomic mass is 10.0. The Morgan fingerprint density at radius 1 is 0.950 bits per heavy atom. The fraction of sp³-hybridized carbons (Fsp3) is 0.206. The van der Waals surface area contributed by atoms with Crippen molar-refractivity contribution in [3.8, 4) is 34.1 Å². The van der Waals surface area contributed by atoms with Gasteiger partial charge in [-0.3, -0.25) is 4.79 Å². The lowest BCUT2D eigenvalue weighted by molar-refractivity contribution is 0.303. The molecule has 0 aliphatic carbocycles. The van der Waals surface area contributed by atoms with E-state index in [0.717, 1.165) is 17.6 Å². The van der Waals surface area contributed by atoms with Gasteiger partial charge in [0, 0.05) is 11.6 Å². The minimum Gasteiger partial charge on any atom is -0.492 e. The normalized spacial score (nSPS) is 12.2. The van der Waals surface area contributed by atoms with Gasteiger partial charge in [0.05, 0.1) is 25.2 Å². The molecule has 2 aromatic carbocycles. The molecule has 6 nitrogen and oxygen atoms in total. The van der Waals surface area contributed by atoms with Crippen LogP contribution in [-0.4, -0.2) is 27.4 Å². The van der Waals surface area contributed by atoms with E-state index in [1.807, 2.05) is 44.2 Å². The van der Waals surface area contributed by atoms with E-state index in [4.69, 9.17) is 23.4 Å². The van der Waals surface area contributed by atoms with Crippen LogP contribution in [-0.2, 0) is 0 Å². The summed E-state index contributed by atoms with van der Waals surface area (Å²) in [6.45, 7) is 12.0. The van der Waals surface area contributed by atoms with Crippen molar-refractivity contribution in [3.05, 3.63) is 120 Å². The molecule has 0 radical (unpaired) electrons. The van der Waals surface area contributed by atoms with Gasteiger partial charge in [-0.15, -0.1) is 0 Å². The first-order chi connectivity index (χ1) is 19.5. The Morgan fingerprint density at radius 3 is 2.42 bits per heavy atom. The van der Waals surface area contributed by atoms with Crippen LogP contribution in [0.4, 0.5) is 0 Å². The third kappa shape index (κ3) is 7.44. The quantitative estimate of drug-likeness (QED) is 0.152. The zero-order valence-electron chi connectivity index (χ0n) is 23.6. The van der Waals surface area contributed by atoms with Crippen LogP contribution in [0.3, 0.4) is 0 Å². The van der Waals surface area contributed by atoms with Crippen molar-refractivity contribution in [3.63, 3.8) is 0 Å². The number of hydrogen-bond donors (Lipinski definition) is 0. The summed E-state index contributed by atoms with van der Waals surface area (Å²) in [6.07, 6.45) is 17.4. The summed E-state index contributed by atoms with van der Waals surface area (Å²) in [5.41, 5.74) is 3.17. The molecule has 0 aliphatic heterocycles. The molecule has 0 fully saturated rings. The topological polar surface area (TPSA) is 67.1 Å². The molecule has 0 unspecified atom stereocenters. The molecule has 208 valence electrons. The van der Waals surface area contributed by atoms with E-state index < -0.39 is 0 Å². The van der Waals surface area contributed by atoms with Gasteiger partial charge in [0.2, 0.25) is 11.2 Å². The molecule has 0 atom stereocenters. The molecule has 40 heavy (non-hydrogen) atoms. The number of fused-ring (bicyclic) bond motifs is 1. The van der Waals surface area contributed by atoms with E-state index in [9.17, 15) is 4.79 Å². The Balaban J connectivity index is 1.89. The van der Waals surface area contributed by atoms with Gasteiger partial charge in [-0.1, -0.05) is 61.8 Å². The van der Waals surface area contributed by atoms with Crippen molar-refractivity contribution in [2.75, 3.05) is 27.4 Å². The maximum Gasteiger partial charge on any atom is 0.203 e. The van der Waals surface area contributed by atoms with Crippen LogP contribution < -0.4 is 24.4 Å². The second-order valence-electron chi connectivity index (χ2n) is 8.80. The first-order valence-corrected chi connectivity index (χ1v) is 12.9. The first kappa shape index (κ1) is 29.8. The van der Waals surface area contributed by atoms with Crippen molar-refractivity contribution in [1.29, 1.82) is 0 Å².